The van der Waals surface area contributed by atoms with Crippen LogP contribution in [0.3, 0.4) is 0 Å². The van der Waals surface area contributed by atoms with Crippen LogP contribution in [0.15, 0.2) is 36.7 Å². The van der Waals surface area contributed by atoms with Gasteiger partial charge in [-0.3, -0.25) is 4.79 Å². The van der Waals surface area contributed by atoms with Crippen molar-refractivity contribution in [3.63, 3.8) is 0 Å². The van der Waals surface area contributed by atoms with Crippen molar-refractivity contribution in [2.24, 2.45) is 0 Å². The van der Waals surface area contributed by atoms with E-state index in [1.807, 2.05) is 38.1 Å². The zero-order chi connectivity index (χ0) is 15.9. The van der Waals surface area contributed by atoms with Gasteiger partial charge in [-0.2, -0.15) is 0 Å². The highest BCUT2D eigenvalue weighted by atomic mass is 16.2. The molecule has 0 aliphatic carbocycles. The zero-order valence-corrected chi connectivity index (χ0v) is 13.3. The Kier molecular flexibility index (Phi) is 5.47. The number of carbonyl (C=O) groups excluding carboxylic acids is 1. The second-order valence-corrected chi connectivity index (χ2v) is 5.10. The highest BCUT2D eigenvalue weighted by Crippen LogP contribution is 2.18. The van der Waals surface area contributed by atoms with Gasteiger partial charge in [0.1, 0.15) is 11.5 Å². The fourth-order valence-electron chi connectivity index (χ4n) is 2.16. The van der Waals surface area contributed by atoms with Crippen LogP contribution in [0.5, 0.6) is 0 Å². The van der Waals surface area contributed by atoms with Crippen LogP contribution in [0.4, 0.5) is 11.5 Å². The lowest BCUT2D eigenvalue weighted by Gasteiger charge is -2.21. The summed E-state index contributed by atoms with van der Waals surface area (Å²) in [5, 5.41) is 3.14. The molecule has 1 amide bonds. The third-order valence-electron chi connectivity index (χ3n) is 3.30. The molecule has 1 aromatic carbocycles. The van der Waals surface area contributed by atoms with Crippen LogP contribution < -0.4 is 10.2 Å². The Morgan fingerprint density at radius 1 is 1.23 bits per heavy atom. The van der Waals surface area contributed by atoms with Gasteiger partial charge in [0, 0.05) is 18.8 Å². The van der Waals surface area contributed by atoms with Gasteiger partial charge in [-0.1, -0.05) is 19.1 Å². The van der Waals surface area contributed by atoms with Crippen LogP contribution >= 0.6 is 0 Å². The molecule has 0 saturated heterocycles. The Balaban J connectivity index is 2.18. The number of carbonyl (C=O) groups is 1. The molecule has 5 nitrogen and oxygen atoms in total. The highest BCUT2D eigenvalue weighted by Gasteiger charge is 2.17. The van der Waals surface area contributed by atoms with Gasteiger partial charge in [0.05, 0.1) is 12.4 Å². The van der Waals surface area contributed by atoms with Gasteiger partial charge in [0.25, 0.3) is 5.91 Å². The van der Waals surface area contributed by atoms with Gasteiger partial charge in [-0.05, 0) is 38.0 Å². The largest absolute Gasteiger partial charge is 0.369 e. The van der Waals surface area contributed by atoms with Crippen LogP contribution in [0.2, 0.25) is 0 Å². The molecule has 0 unspecified atom stereocenters. The van der Waals surface area contributed by atoms with E-state index in [0.29, 0.717) is 18.1 Å². The predicted molar refractivity (Wildman–Crippen MR) is 89.3 cm³/mol. The molecular weight excluding hydrogens is 276 g/mol. The van der Waals surface area contributed by atoms with Crippen molar-refractivity contribution in [1.82, 2.24) is 9.97 Å². The number of nitrogens with one attached hydrogen (secondary N) is 1. The molecule has 0 spiro atoms. The van der Waals surface area contributed by atoms with Gasteiger partial charge in [0.2, 0.25) is 0 Å². The molecule has 0 atom stereocenters. The molecule has 0 bridgehead atoms. The first-order valence-electron chi connectivity index (χ1n) is 7.60. The second kappa shape index (κ2) is 7.54. The molecule has 116 valence electrons. The van der Waals surface area contributed by atoms with E-state index in [2.05, 4.69) is 22.2 Å². The summed E-state index contributed by atoms with van der Waals surface area (Å²) in [7, 11) is 0. The third-order valence-corrected chi connectivity index (χ3v) is 3.30. The Hall–Kier alpha value is -2.43. The molecule has 1 N–H and O–H groups in total. The summed E-state index contributed by atoms with van der Waals surface area (Å²) in [6, 6.07) is 7.88. The highest BCUT2D eigenvalue weighted by molar-refractivity contribution is 6.04. The molecule has 1 aromatic heterocycles. The molecule has 0 radical (unpaired) electrons. The Morgan fingerprint density at radius 3 is 2.64 bits per heavy atom. The van der Waals surface area contributed by atoms with Crippen LogP contribution in [0.1, 0.15) is 36.3 Å². The number of anilines is 2. The van der Waals surface area contributed by atoms with Crippen molar-refractivity contribution in [1.29, 1.82) is 0 Å². The molecule has 1 heterocycles. The Labute approximate surface area is 131 Å². The lowest BCUT2D eigenvalue weighted by atomic mass is 10.2. The maximum Gasteiger partial charge on any atom is 0.278 e. The fraction of sp³-hybridized carbons (Fsp3) is 0.353. The number of nitrogens with zero attached hydrogens (tertiary/aromatic N) is 3. The molecule has 0 saturated carbocycles. The molecule has 2 aromatic rings. The molecular formula is C17H22N4O. The van der Waals surface area contributed by atoms with Crippen molar-refractivity contribution in [3.05, 3.63) is 47.9 Å². The van der Waals surface area contributed by atoms with Crippen LogP contribution in [-0.4, -0.2) is 29.0 Å². The summed E-state index contributed by atoms with van der Waals surface area (Å²) in [6.45, 7) is 7.46. The first-order chi connectivity index (χ1) is 10.7. The number of benzene rings is 1. The summed E-state index contributed by atoms with van der Waals surface area (Å²) in [5.41, 5.74) is 2.35. The Morgan fingerprint density at radius 2 is 2.05 bits per heavy atom. The SMILES string of the molecule is CCCNc1cnc(C(=O)N(CC)c2cccc(C)c2)cn1. The van der Waals surface area contributed by atoms with Gasteiger partial charge in [0.15, 0.2) is 0 Å². The summed E-state index contributed by atoms with van der Waals surface area (Å²) in [6.07, 6.45) is 4.14. The number of hydrogen-bond donors (Lipinski definition) is 1. The van der Waals surface area contributed by atoms with E-state index in [9.17, 15) is 4.79 Å². The fourth-order valence-corrected chi connectivity index (χ4v) is 2.16. The van der Waals surface area contributed by atoms with Crippen LogP contribution in [0.25, 0.3) is 0 Å². The smallest absolute Gasteiger partial charge is 0.278 e. The summed E-state index contributed by atoms with van der Waals surface area (Å²) < 4.78 is 0. The van der Waals surface area contributed by atoms with E-state index in [1.54, 1.807) is 11.1 Å². The number of aryl methyl sites for hydroxylation is 1. The second-order valence-electron chi connectivity index (χ2n) is 5.10. The van der Waals surface area contributed by atoms with Gasteiger partial charge < -0.3 is 10.2 Å². The molecule has 0 fully saturated rings. The van der Waals surface area contributed by atoms with Crippen molar-refractivity contribution in [2.75, 3.05) is 23.3 Å². The van der Waals surface area contributed by atoms with Crippen LogP contribution in [-0.2, 0) is 0 Å². The first kappa shape index (κ1) is 15.9. The van der Waals surface area contributed by atoms with Gasteiger partial charge in [-0.25, -0.2) is 9.97 Å². The quantitative estimate of drug-likeness (QED) is 0.889. The van der Waals surface area contributed by atoms with Crippen molar-refractivity contribution >= 4 is 17.4 Å². The molecule has 0 aliphatic heterocycles. The van der Waals surface area contributed by atoms with E-state index in [4.69, 9.17) is 0 Å². The van der Waals surface area contributed by atoms with Gasteiger partial charge >= 0.3 is 0 Å². The molecule has 2 rings (SSSR count). The van der Waals surface area contributed by atoms with E-state index in [1.165, 1.54) is 6.20 Å². The number of amides is 1. The monoisotopic (exact) mass is 298 g/mol. The van der Waals surface area contributed by atoms with E-state index in [0.717, 1.165) is 24.2 Å². The lowest BCUT2D eigenvalue weighted by Crippen LogP contribution is -2.31. The minimum atomic E-state index is -0.136. The van der Waals surface area contributed by atoms with E-state index >= 15 is 0 Å². The summed E-state index contributed by atoms with van der Waals surface area (Å²) in [5.74, 6) is 0.555. The van der Waals surface area contributed by atoms with Crippen molar-refractivity contribution in [3.8, 4) is 0 Å². The summed E-state index contributed by atoms with van der Waals surface area (Å²) in [4.78, 5) is 22.8. The van der Waals surface area contributed by atoms with Crippen LogP contribution in [0, 0.1) is 6.92 Å². The number of hydrogen-bond acceptors (Lipinski definition) is 4. The lowest BCUT2D eigenvalue weighted by molar-refractivity contribution is 0.0983. The minimum absolute atomic E-state index is 0.136. The zero-order valence-electron chi connectivity index (χ0n) is 13.3. The number of rotatable bonds is 6. The predicted octanol–water partition coefficient (Wildman–Crippen LogP) is 3.27. The topological polar surface area (TPSA) is 58.1 Å². The molecule has 0 aliphatic rings. The third kappa shape index (κ3) is 3.81. The van der Waals surface area contributed by atoms with Gasteiger partial charge in [-0.15, -0.1) is 0 Å². The number of aromatic nitrogens is 2. The standard InChI is InChI=1S/C17H22N4O/c1-4-9-18-16-12-19-15(11-20-16)17(22)21(5-2)14-8-6-7-13(3)10-14/h6-8,10-12H,4-5,9H2,1-3H3,(H,18,20). The molecule has 5 heteroatoms. The van der Waals surface area contributed by atoms with E-state index < -0.39 is 0 Å². The maximum atomic E-state index is 12.6. The minimum Gasteiger partial charge on any atom is -0.369 e. The summed E-state index contributed by atoms with van der Waals surface area (Å²) >= 11 is 0. The molecule has 22 heavy (non-hydrogen) atoms. The average molecular weight is 298 g/mol. The maximum absolute atomic E-state index is 12.6. The first-order valence-corrected chi connectivity index (χ1v) is 7.60. The Bertz CT molecular complexity index is 625. The normalized spacial score (nSPS) is 10.3. The average Bonchev–Trinajstić information content (AvgIpc) is 2.54. The van der Waals surface area contributed by atoms with Crippen molar-refractivity contribution < 1.29 is 4.79 Å². The van der Waals surface area contributed by atoms with Crippen molar-refractivity contribution in [2.45, 2.75) is 27.2 Å². The van der Waals surface area contributed by atoms with E-state index in [-0.39, 0.29) is 5.91 Å².